The van der Waals surface area contributed by atoms with Crippen LogP contribution in [-0.4, -0.2) is 105 Å². The molecule has 2 saturated heterocycles. The van der Waals surface area contributed by atoms with Crippen molar-refractivity contribution in [3.63, 3.8) is 0 Å². The fourth-order valence-electron chi connectivity index (χ4n) is 4.31. The van der Waals surface area contributed by atoms with E-state index in [2.05, 4.69) is 4.90 Å². The number of aryl methyl sites for hydroxylation is 1. The quantitative estimate of drug-likeness (QED) is 0.511. The summed E-state index contributed by atoms with van der Waals surface area (Å²) in [6.45, 7) is 8.21. The van der Waals surface area contributed by atoms with Crippen molar-refractivity contribution in [3.8, 4) is 5.75 Å². The molecule has 2 aromatic rings. The lowest BCUT2D eigenvalue weighted by Crippen LogP contribution is -2.52. The lowest BCUT2D eigenvalue weighted by atomic mass is 10.1. The van der Waals surface area contributed by atoms with E-state index in [-0.39, 0.29) is 24.5 Å². The molecule has 2 heterocycles. The average Bonchev–Trinajstić information content (AvgIpc) is 2.91. The molecule has 4 rings (SSSR count). The smallest absolute Gasteiger partial charge is 0.260 e. The van der Waals surface area contributed by atoms with Crippen molar-refractivity contribution >= 4 is 23.4 Å². The predicted molar refractivity (Wildman–Crippen MR) is 138 cm³/mol. The summed E-state index contributed by atoms with van der Waals surface area (Å²) in [4.78, 5) is 32.1. The Hall–Kier alpha value is -2.65. The molecule has 1 atom stereocenters. The maximum Gasteiger partial charge on any atom is 0.260 e. The first-order valence-corrected chi connectivity index (χ1v) is 12.8. The van der Waals surface area contributed by atoms with E-state index in [1.807, 2.05) is 36.1 Å². The summed E-state index contributed by atoms with van der Waals surface area (Å²) in [5, 5.41) is 0.614. The summed E-state index contributed by atoms with van der Waals surface area (Å²) in [6.07, 6.45) is -0.266. The zero-order chi connectivity index (χ0) is 25.3. The highest BCUT2D eigenvalue weighted by atomic mass is 35.5. The predicted octanol–water partition coefficient (Wildman–Crippen LogP) is 2.73. The molecular weight excluding hydrogens is 482 g/mol. The molecule has 0 saturated carbocycles. The van der Waals surface area contributed by atoms with Gasteiger partial charge in [0.15, 0.2) is 6.61 Å². The molecule has 8 nitrogen and oxygen atoms in total. The third-order valence-corrected chi connectivity index (χ3v) is 6.72. The van der Waals surface area contributed by atoms with Crippen molar-refractivity contribution in [1.82, 2.24) is 14.7 Å². The fraction of sp³-hybridized carbons (Fsp3) is 0.481. The van der Waals surface area contributed by atoms with Gasteiger partial charge in [-0.05, 0) is 43.3 Å². The molecule has 36 heavy (non-hydrogen) atoms. The number of amides is 2. The van der Waals surface area contributed by atoms with E-state index >= 15 is 0 Å². The van der Waals surface area contributed by atoms with Gasteiger partial charge in [0.05, 0.1) is 25.9 Å². The van der Waals surface area contributed by atoms with Crippen LogP contribution in [-0.2, 0) is 14.3 Å². The molecule has 0 spiro atoms. The van der Waals surface area contributed by atoms with Crippen LogP contribution in [0.25, 0.3) is 0 Å². The van der Waals surface area contributed by atoms with Gasteiger partial charge in [0.2, 0.25) is 0 Å². The molecule has 9 heteroatoms. The lowest BCUT2D eigenvalue weighted by molar-refractivity contribution is -0.141. The van der Waals surface area contributed by atoms with Gasteiger partial charge in [-0.3, -0.25) is 14.5 Å². The van der Waals surface area contributed by atoms with Gasteiger partial charge in [0.25, 0.3) is 11.8 Å². The van der Waals surface area contributed by atoms with E-state index in [0.29, 0.717) is 62.3 Å². The van der Waals surface area contributed by atoms with Crippen LogP contribution in [0.15, 0.2) is 48.5 Å². The summed E-state index contributed by atoms with van der Waals surface area (Å²) < 4.78 is 17.1. The van der Waals surface area contributed by atoms with Gasteiger partial charge in [0.1, 0.15) is 5.75 Å². The number of hydrogen-bond acceptors (Lipinski definition) is 6. The van der Waals surface area contributed by atoms with E-state index in [9.17, 15) is 9.59 Å². The summed E-state index contributed by atoms with van der Waals surface area (Å²) in [6, 6.07) is 14.6. The number of halogens is 1. The number of hydrogen-bond donors (Lipinski definition) is 0. The van der Waals surface area contributed by atoms with E-state index in [4.69, 9.17) is 25.8 Å². The third-order valence-electron chi connectivity index (χ3n) is 6.47. The van der Waals surface area contributed by atoms with Crippen LogP contribution in [0.2, 0.25) is 5.02 Å². The Morgan fingerprint density at radius 3 is 2.47 bits per heavy atom. The molecule has 2 fully saturated rings. The van der Waals surface area contributed by atoms with Crippen LogP contribution in [0.4, 0.5) is 0 Å². The largest absolute Gasteiger partial charge is 0.484 e. The minimum atomic E-state index is -0.266. The highest BCUT2D eigenvalue weighted by Crippen LogP contribution is 2.16. The highest BCUT2D eigenvalue weighted by molar-refractivity contribution is 6.30. The number of ether oxygens (including phenoxy) is 3. The Morgan fingerprint density at radius 1 is 1.03 bits per heavy atom. The lowest BCUT2D eigenvalue weighted by Gasteiger charge is -2.36. The molecule has 0 radical (unpaired) electrons. The van der Waals surface area contributed by atoms with Crippen LogP contribution in [0.1, 0.15) is 15.9 Å². The van der Waals surface area contributed by atoms with Gasteiger partial charge < -0.3 is 24.0 Å². The van der Waals surface area contributed by atoms with Crippen molar-refractivity contribution in [2.45, 2.75) is 13.0 Å². The Bertz CT molecular complexity index is 995. The minimum absolute atomic E-state index is 0.0265. The minimum Gasteiger partial charge on any atom is -0.484 e. The summed E-state index contributed by atoms with van der Waals surface area (Å²) in [5.74, 6) is 0.458. The van der Waals surface area contributed by atoms with Crippen molar-refractivity contribution < 1.29 is 23.8 Å². The molecule has 0 bridgehead atoms. The molecule has 0 unspecified atom stereocenters. The second-order valence-corrected chi connectivity index (χ2v) is 9.58. The molecule has 2 amide bonds. The molecule has 0 N–H and O–H groups in total. The molecule has 2 aromatic carbocycles. The maximum absolute atomic E-state index is 13.4. The van der Waals surface area contributed by atoms with E-state index in [1.54, 1.807) is 29.2 Å². The number of nitrogens with zero attached hydrogens (tertiary/aromatic N) is 3. The average molecular weight is 516 g/mol. The molecule has 2 aliphatic rings. The first-order chi connectivity index (χ1) is 17.5. The Labute approximate surface area is 217 Å². The van der Waals surface area contributed by atoms with Crippen molar-refractivity contribution in [3.05, 3.63) is 64.7 Å². The van der Waals surface area contributed by atoms with Gasteiger partial charge in [-0.1, -0.05) is 29.3 Å². The second kappa shape index (κ2) is 13.1. The van der Waals surface area contributed by atoms with Gasteiger partial charge in [-0.25, -0.2) is 0 Å². The molecule has 2 aliphatic heterocycles. The normalized spacial score (nSPS) is 18.6. The number of benzene rings is 2. The topological polar surface area (TPSA) is 71.6 Å². The van der Waals surface area contributed by atoms with Gasteiger partial charge in [-0.2, -0.15) is 0 Å². The number of carbonyl (C=O) groups is 2. The summed E-state index contributed by atoms with van der Waals surface area (Å²) in [5.41, 5.74) is 1.76. The SMILES string of the molecule is Cc1ccc(C(=O)N(CCN2CCOCC2)C[C@H]2CN(C(=O)COc3ccc(Cl)cc3)CCO2)cc1. The Kier molecular flexibility index (Phi) is 9.58. The van der Waals surface area contributed by atoms with Crippen LogP contribution in [0.5, 0.6) is 5.75 Å². The molecule has 0 aliphatic carbocycles. The molecule has 194 valence electrons. The standard InChI is InChI=1S/C27H34ClN3O5/c1-21-2-4-22(5-3-21)27(33)31(11-10-29-12-15-34-16-13-29)19-25-18-30(14-17-35-25)26(32)20-36-24-8-6-23(28)7-9-24/h2-9,25H,10-20H2,1H3/t25-/m1/s1. The Morgan fingerprint density at radius 2 is 1.75 bits per heavy atom. The van der Waals surface area contributed by atoms with Crippen LogP contribution >= 0.6 is 11.6 Å². The monoisotopic (exact) mass is 515 g/mol. The number of carbonyl (C=O) groups excluding carboxylic acids is 2. The zero-order valence-corrected chi connectivity index (χ0v) is 21.5. The van der Waals surface area contributed by atoms with Gasteiger partial charge in [-0.15, -0.1) is 0 Å². The van der Waals surface area contributed by atoms with E-state index in [1.165, 1.54) is 0 Å². The van der Waals surface area contributed by atoms with Crippen LogP contribution in [0, 0.1) is 6.92 Å². The third kappa shape index (κ3) is 7.67. The molecular formula is C27H34ClN3O5. The maximum atomic E-state index is 13.4. The van der Waals surface area contributed by atoms with Gasteiger partial charge in [0, 0.05) is 56.4 Å². The first-order valence-electron chi connectivity index (χ1n) is 12.4. The zero-order valence-electron chi connectivity index (χ0n) is 20.7. The van der Waals surface area contributed by atoms with Crippen LogP contribution in [0.3, 0.4) is 0 Å². The van der Waals surface area contributed by atoms with Crippen molar-refractivity contribution in [2.24, 2.45) is 0 Å². The fourth-order valence-corrected chi connectivity index (χ4v) is 4.44. The van der Waals surface area contributed by atoms with Crippen molar-refractivity contribution in [1.29, 1.82) is 0 Å². The van der Waals surface area contributed by atoms with Crippen molar-refractivity contribution in [2.75, 3.05) is 72.2 Å². The van der Waals surface area contributed by atoms with Gasteiger partial charge >= 0.3 is 0 Å². The van der Waals surface area contributed by atoms with E-state index < -0.39 is 0 Å². The number of morpholine rings is 2. The number of rotatable bonds is 9. The first kappa shape index (κ1) is 26.4. The summed E-state index contributed by atoms with van der Waals surface area (Å²) in [7, 11) is 0. The van der Waals surface area contributed by atoms with Crippen LogP contribution < -0.4 is 4.74 Å². The van der Waals surface area contributed by atoms with E-state index in [0.717, 1.165) is 25.2 Å². The summed E-state index contributed by atoms with van der Waals surface area (Å²) >= 11 is 5.91. The molecule has 0 aromatic heterocycles. The highest BCUT2D eigenvalue weighted by Gasteiger charge is 2.28. The second-order valence-electron chi connectivity index (χ2n) is 9.15. The Balaban J connectivity index is 1.35.